The lowest BCUT2D eigenvalue weighted by Gasteiger charge is -2.25. The molecule has 1 aliphatic carbocycles. The van der Waals surface area contributed by atoms with E-state index in [-0.39, 0.29) is 17.7 Å². The van der Waals surface area contributed by atoms with Crippen molar-refractivity contribution in [2.24, 2.45) is 5.92 Å². The molecule has 23 heavy (non-hydrogen) atoms. The highest BCUT2D eigenvalue weighted by Crippen LogP contribution is 2.34. The summed E-state index contributed by atoms with van der Waals surface area (Å²) in [5, 5.41) is 0. The number of aromatic amines is 1. The van der Waals surface area contributed by atoms with Gasteiger partial charge < -0.3 is 9.72 Å². The molecule has 1 unspecified atom stereocenters. The highest BCUT2D eigenvalue weighted by atomic mass is 16.5. The largest absolute Gasteiger partial charge is 0.462 e. The molecule has 0 bridgehead atoms. The molecule has 1 aromatic heterocycles. The van der Waals surface area contributed by atoms with E-state index in [4.69, 9.17) is 4.74 Å². The van der Waals surface area contributed by atoms with Gasteiger partial charge in [-0.3, -0.25) is 4.79 Å². The SMILES string of the molecule is CCOC(=O)c1c(-c2ccccc2)c2c([nH]c1=O)CCC(C)C2. The van der Waals surface area contributed by atoms with Crippen molar-refractivity contribution in [2.75, 3.05) is 6.61 Å². The number of esters is 1. The van der Waals surface area contributed by atoms with Crippen LogP contribution in [-0.2, 0) is 17.6 Å². The second-order valence-electron chi connectivity index (χ2n) is 6.10. The van der Waals surface area contributed by atoms with E-state index < -0.39 is 5.97 Å². The van der Waals surface area contributed by atoms with Crippen molar-refractivity contribution in [3.63, 3.8) is 0 Å². The minimum atomic E-state index is -0.548. The van der Waals surface area contributed by atoms with Gasteiger partial charge in [0.15, 0.2) is 0 Å². The van der Waals surface area contributed by atoms with E-state index in [0.717, 1.165) is 41.6 Å². The maximum atomic E-state index is 12.5. The molecule has 0 saturated heterocycles. The molecule has 0 spiro atoms. The van der Waals surface area contributed by atoms with Crippen LogP contribution in [-0.4, -0.2) is 17.6 Å². The van der Waals surface area contributed by atoms with Crippen LogP contribution in [0.1, 0.15) is 41.9 Å². The molecule has 1 heterocycles. The van der Waals surface area contributed by atoms with Crippen LogP contribution in [0, 0.1) is 5.92 Å². The molecule has 1 aliphatic rings. The van der Waals surface area contributed by atoms with Crippen molar-refractivity contribution < 1.29 is 9.53 Å². The molecule has 0 amide bonds. The van der Waals surface area contributed by atoms with Gasteiger partial charge >= 0.3 is 5.97 Å². The van der Waals surface area contributed by atoms with Crippen LogP contribution in [0.4, 0.5) is 0 Å². The van der Waals surface area contributed by atoms with Gasteiger partial charge in [0.25, 0.3) is 5.56 Å². The van der Waals surface area contributed by atoms with E-state index in [9.17, 15) is 9.59 Å². The van der Waals surface area contributed by atoms with Crippen LogP contribution in [0.15, 0.2) is 35.1 Å². The Morgan fingerprint density at radius 1 is 1.30 bits per heavy atom. The number of ether oxygens (including phenoxy) is 1. The van der Waals surface area contributed by atoms with Crippen LogP contribution in [0.2, 0.25) is 0 Å². The Hall–Kier alpha value is -2.36. The number of benzene rings is 1. The van der Waals surface area contributed by atoms with Crippen LogP contribution < -0.4 is 5.56 Å². The molecule has 0 aliphatic heterocycles. The normalized spacial score (nSPS) is 16.7. The molecule has 1 aromatic carbocycles. The Labute approximate surface area is 135 Å². The molecule has 4 heteroatoms. The number of nitrogens with one attached hydrogen (secondary N) is 1. The summed E-state index contributed by atoms with van der Waals surface area (Å²) in [5.41, 5.74) is 3.46. The summed E-state index contributed by atoms with van der Waals surface area (Å²) >= 11 is 0. The van der Waals surface area contributed by atoms with Crippen molar-refractivity contribution in [3.05, 3.63) is 57.5 Å². The number of pyridine rings is 1. The fraction of sp³-hybridized carbons (Fsp3) is 0.368. The van der Waals surface area contributed by atoms with Crippen LogP contribution in [0.3, 0.4) is 0 Å². The summed E-state index contributed by atoms with van der Waals surface area (Å²) in [6, 6.07) is 9.65. The number of hydrogen-bond acceptors (Lipinski definition) is 3. The van der Waals surface area contributed by atoms with E-state index in [1.807, 2.05) is 30.3 Å². The van der Waals surface area contributed by atoms with Gasteiger partial charge in [0.05, 0.1) is 6.61 Å². The fourth-order valence-corrected chi connectivity index (χ4v) is 3.29. The topological polar surface area (TPSA) is 59.2 Å². The molecule has 1 N–H and O–H groups in total. The van der Waals surface area contributed by atoms with E-state index >= 15 is 0 Å². The van der Waals surface area contributed by atoms with Crippen LogP contribution >= 0.6 is 0 Å². The van der Waals surface area contributed by atoms with Gasteiger partial charge in [-0.2, -0.15) is 0 Å². The predicted molar refractivity (Wildman–Crippen MR) is 89.6 cm³/mol. The van der Waals surface area contributed by atoms with Gasteiger partial charge in [-0.05, 0) is 43.2 Å². The molecule has 2 aromatic rings. The molecule has 4 nitrogen and oxygen atoms in total. The summed E-state index contributed by atoms with van der Waals surface area (Å²) in [5.74, 6) is -0.0143. The van der Waals surface area contributed by atoms with E-state index in [1.54, 1.807) is 6.92 Å². The number of carbonyl (C=O) groups excluding carboxylic acids is 1. The minimum Gasteiger partial charge on any atom is -0.462 e. The molecule has 3 rings (SSSR count). The van der Waals surface area contributed by atoms with Gasteiger partial charge in [0.2, 0.25) is 0 Å². The molecular formula is C19H21NO3. The van der Waals surface area contributed by atoms with Crippen molar-refractivity contribution >= 4 is 5.97 Å². The van der Waals surface area contributed by atoms with Gasteiger partial charge in [0, 0.05) is 11.3 Å². The predicted octanol–water partition coefficient (Wildman–Crippen LogP) is 3.34. The number of carbonyl (C=O) groups is 1. The van der Waals surface area contributed by atoms with Gasteiger partial charge in [0.1, 0.15) is 5.56 Å². The summed E-state index contributed by atoms with van der Waals surface area (Å²) in [4.78, 5) is 27.8. The molecule has 1 atom stereocenters. The zero-order valence-electron chi connectivity index (χ0n) is 13.5. The van der Waals surface area contributed by atoms with Crippen LogP contribution in [0.25, 0.3) is 11.1 Å². The standard InChI is InChI=1S/C19H21NO3/c1-3-23-19(22)17-16(13-7-5-4-6-8-13)14-11-12(2)9-10-15(14)20-18(17)21/h4-8,12H,3,9-11H2,1-2H3,(H,20,21). The number of hydrogen-bond donors (Lipinski definition) is 1. The zero-order valence-corrected chi connectivity index (χ0v) is 13.5. The molecule has 0 fully saturated rings. The number of aromatic nitrogens is 1. The maximum Gasteiger partial charge on any atom is 0.344 e. The first-order valence-corrected chi connectivity index (χ1v) is 8.12. The Morgan fingerprint density at radius 3 is 2.74 bits per heavy atom. The highest BCUT2D eigenvalue weighted by molar-refractivity contribution is 5.98. The van der Waals surface area contributed by atoms with Gasteiger partial charge in [-0.25, -0.2) is 4.79 Å². The summed E-state index contributed by atoms with van der Waals surface area (Å²) in [6.45, 7) is 4.20. The molecule has 0 saturated carbocycles. The molecular weight excluding hydrogens is 290 g/mol. The first-order valence-electron chi connectivity index (χ1n) is 8.12. The Morgan fingerprint density at radius 2 is 2.04 bits per heavy atom. The number of aryl methyl sites for hydroxylation is 1. The van der Waals surface area contributed by atoms with E-state index in [1.165, 1.54) is 0 Å². The summed E-state index contributed by atoms with van der Waals surface area (Å²) in [6.07, 6.45) is 2.76. The second kappa shape index (κ2) is 6.41. The van der Waals surface area contributed by atoms with Crippen molar-refractivity contribution in [1.29, 1.82) is 0 Å². The monoisotopic (exact) mass is 311 g/mol. The van der Waals surface area contributed by atoms with Crippen molar-refractivity contribution in [2.45, 2.75) is 33.1 Å². The lowest BCUT2D eigenvalue weighted by molar-refractivity contribution is 0.0525. The number of fused-ring (bicyclic) bond motifs is 1. The smallest absolute Gasteiger partial charge is 0.344 e. The fourth-order valence-electron chi connectivity index (χ4n) is 3.29. The van der Waals surface area contributed by atoms with E-state index in [0.29, 0.717) is 5.92 Å². The third kappa shape index (κ3) is 2.93. The lowest BCUT2D eigenvalue weighted by Crippen LogP contribution is -2.27. The second-order valence-corrected chi connectivity index (χ2v) is 6.10. The minimum absolute atomic E-state index is 0.130. The van der Waals surface area contributed by atoms with Gasteiger partial charge in [-0.1, -0.05) is 37.3 Å². The average Bonchev–Trinajstić information content (AvgIpc) is 2.55. The van der Waals surface area contributed by atoms with Crippen LogP contribution in [0.5, 0.6) is 0 Å². The summed E-state index contributed by atoms with van der Waals surface area (Å²) in [7, 11) is 0. The Bertz CT molecular complexity index is 777. The third-order valence-corrected chi connectivity index (χ3v) is 4.39. The summed E-state index contributed by atoms with van der Waals surface area (Å²) < 4.78 is 5.13. The third-order valence-electron chi connectivity index (χ3n) is 4.39. The van der Waals surface area contributed by atoms with Gasteiger partial charge in [-0.15, -0.1) is 0 Å². The lowest BCUT2D eigenvalue weighted by atomic mass is 9.82. The maximum absolute atomic E-state index is 12.5. The molecule has 0 radical (unpaired) electrons. The zero-order chi connectivity index (χ0) is 16.4. The van der Waals surface area contributed by atoms with E-state index in [2.05, 4.69) is 11.9 Å². The highest BCUT2D eigenvalue weighted by Gasteiger charge is 2.27. The number of H-pyrrole nitrogens is 1. The molecule has 120 valence electrons. The quantitative estimate of drug-likeness (QED) is 0.884. The average molecular weight is 311 g/mol. The Kier molecular flexibility index (Phi) is 4.33. The first-order chi connectivity index (χ1) is 11.1. The van der Waals surface area contributed by atoms with Crippen molar-refractivity contribution in [1.82, 2.24) is 4.98 Å². The number of rotatable bonds is 3. The van der Waals surface area contributed by atoms with Crippen molar-refractivity contribution in [3.8, 4) is 11.1 Å². The Balaban J connectivity index is 2.29. The first kappa shape index (κ1) is 15.5.